The highest BCUT2D eigenvalue weighted by molar-refractivity contribution is 7.85. The van der Waals surface area contributed by atoms with Crippen LogP contribution in [0.5, 0.6) is 0 Å². The molecule has 126 valence electrons. The summed E-state index contributed by atoms with van der Waals surface area (Å²) in [6, 6.07) is 15.2. The maximum Gasteiger partial charge on any atom is 0.128 e. The van der Waals surface area contributed by atoms with Gasteiger partial charge >= 0.3 is 0 Å². The van der Waals surface area contributed by atoms with Crippen molar-refractivity contribution in [3.05, 3.63) is 78.0 Å². The second-order valence-corrected chi connectivity index (χ2v) is 7.70. The van der Waals surface area contributed by atoms with Crippen LogP contribution < -0.4 is 0 Å². The Bertz CT molecular complexity index is 1070. The number of benzene rings is 2. The van der Waals surface area contributed by atoms with Crippen LogP contribution in [0.15, 0.2) is 76.9 Å². The third-order valence-electron chi connectivity index (χ3n) is 4.20. The van der Waals surface area contributed by atoms with Crippen molar-refractivity contribution in [1.29, 1.82) is 0 Å². The van der Waals surface area contributed by atoms with E-state index in [9.17, 15) is 4.21 Å². The standard InChI is InChI=1S/C19H16ClN3OS/c1-22-10-9-21-19(22)13-23-12-18(16-11-14(20)7-8-17(16)23)25(24)15-5-3-2-4-6-15/h2-12H,13H2,1H3. The number of fused-ring (bicyclic) bond motifs is 1. The highest BCUT2D eigenvalue weighted by Crippen LogP contribution is 2.30. The lowest BCUT2D eigenvalue weighted by molar-refractivity contribution is 0.681. The minimum absolute atomic E-state index is 0.605. The topological polar surface area (TPSA) is 39.8 Å². The second kappa shape index (κ2) is 6.50. The normalized spacial score (nSPS) is 12.6. The molecule has 0 radical (unpaired) electrons. The van der Waals surface area contributed by atoms with Crippen LogP contribution in [0.3, 0.4) is 0 Å². The van der Waals surface area contributed by atoms with Crippen LogP contribution in [-0.4, -0.2) is 18.3 Å². The smallest absolute Gasteiger partial charge is 0.128 e. The average Bonchev–Trinajstić information content (AvgIpc) is 3.19. The summed E-state index contributed by atoms with van der Waals surface area (Å²) >= 11 is 6.19. The van der Waals surface area contributed by atoms with E-state index in [1.165, 1.54) is 0 Å². The number of hydrogen-bond acceptors (Lipinski definition) is 2. The molecule has 0 saturated heterocycles. The van der Waals surface area contributed by atoms with Crippen molar-refractivity contribution in [2.24, 2.45) is 7.05 Å². The molecule has 0 saturated carbocycles. The molecule has 0 fully saturated rings. The van der Waals surface area contributed by atoms with Crippen molar-refractivity contribution >= 4 is 33.3 Å². The number of aryl methyl sites for hydroxylation is 1. The molecular formula is C19H16ClN3OS. The van der Waals surface area contributed by atoms with E-state index in [2.05, 4.69) is 9.55 Å². The quantitative estimate of drug-likeness (QED) is 0.539. The maximum atomic E-state index is 13.1. The lowest BCUT2D eigenvalue weighted by Crippen LogP contribution is -2.04. The molecular weight excluding hydrogens is 354 g/mol. The molecule has 4 nitrogen and oxygen atoms in total. The molecule has 2 aromatic heterocycles. The van der Waals surface area contributed by atoms with Crippen molar-refractivity contribution in [1.82, 2.24) is 14.1 Å². The summed E-state index contributed by atoms with van der Waals surface area (Å²) in [5, 5.41) is 1.54. The van der Waals surface area contributed by atoms with Crippen LogP contribution in [0, 0.1) is 0 Å². The highest BCUT2D eigenvalue weighted by Gasteiger charge is 2.17. The number of halogens is 1. The first kappa shape index (κ1) is 16.1. The third-order valence-corrected chi connectivity index (χ3v) is 5.86. The molecule has 0 N–H and O–H groups in total. The van der Waals surface area contributed by atoms with E-state index < -0.39 is 10.8 Å². The van der Waals surface area contributed by atoms with Crippen LogP contribution in [0.4, 0.5) is 0 Å². The zero-order valence-corrected chi connectivity index (χ0v) is 15.2. The van der Waals surface area contributed by atoms with Crippen molar-refractivity contribution in [3.8, 4) is 0 Å². The first-order chi connectivity index (χ1) is 12.1. The molecule has 1 unspecified atom stereocenters. The molecule has 25 heavy (non-hydrogen) atoms. The van der Waals surface area contributed by atoms with Crippen molar-refractivity contribution in [3.63, 3.8) is 0 Å². The largest absolute Gasteiger partial charge is 0.339 e. The van der Waals surface area contributed by atoms with Gasteiger partial charge in [-0.05, 0) is 30.3 Å². The lowest BCUT2D eigenvalue weighted by Gasteiger charge is -2.05. The van der Waals surface area contributed by atoms with Gasteiger partial charge in [0.1, 0.15) is 5.82 Å². The molecule has 6 heteroatoms. The SMILES string of the molecule is Cn1ccnc1Cn1cc(S(=O)c2ccccc2)c2cc(Cl)ccc21. The average molecular weight is 370 g/mol. The van der Waals surface area contributed by atoms with Crippen molar-refractivity contribution < 1.29 is 4.21 Å². The zero-order valence-electron chi connectivity index (χ0n) is 13.6. The number of nitrogens with zero attached hydrogens (tertiary/aromatic N) is 3. The van der Waals surface area contributed by atoms with E-state index in [1.807, 2.05) is 72.5 Å². The Morgan fingerprint density at radius 1 is 1.16 bits per heavy atom. The van der Waals surface area contributed by atoms with Gasteiger partial charge < -0.3 is 9.13 Å². The minimum atomic E-state index is -1.27. The van der Waals surface area contributed by atoms with Gasteiger partial charge in [-0.25, -0.2) is 9.19 Å². The molecule has 0 bridgehead atoms. The Kier molecular flexibility index (Phi) is 4.19. The molecule has 0 aliphatic heterocycles. The van der Waals surface area contributed by atoms with Gasteiger partial charge in [0, 0.05) is 46.5 Å². The van der Waals surface area contributed by atoms with Crippen LogP contribution in [0.25, 0.3) is 10.9 Å². The Morgan fingerprint density at radius 3 is 2.68 bits per heavy atom. The van der Waals surface area contributed by atoms with Gasteiger partial charge in [0.05, 0.1) is 22.2 Å². The summed E-state index contributed by atoms with van der Waals surface area (Å²) < 4.78 is 17.1. The molecule has 1 atom stereocenters. The van der Waals surface area contributed by atoms with Gasteiger partial charge in [0.2, 0.25) is 0 Å². The molecule has 2 aromatic carbocycles. The van der Waals surface area contributed by atoms with E-state index in [1.54, 1.807) is 6.20 Å². The molecule has 4 rings (SSSR count). The molecule has 0 spiro atoms. The Labute approximate surface area is 153 Å². The number of imidazole rings is 1. The summed E-state index contributed by atoms with van der Waals surface area (Å²) in [7, 11) is 0.697. The van der Waals surface area contributed by atoms with E-state index in [-0.39, 0.29) is 0 Å². The van der Waals surface area contributed by atoms with E-state index >= 15 is 0 Å². The monoisotopic (exact) mass is 369 g/mol. The van der Waals surface area contributed by atoms with Crippen molar-refractivity contribution in [2.45, 2.75) is 16.3 Å². The highest BCUT2D eigenvalue weighted by atomic mass is 35.5. The fourth-order valence-electron chi connectivity index (χ4n) is 2.89. The van der Waals surface area contributed by atoms with Gasteiger partial charge in [-0.15, -0.1) is 0 Å². The molecule has 4 aromatic rings. The summed E-state index contributed by atoms with van der Waals surface area (Å²) in [6.45, 7) is 0.605. The van der Waals surface area contributed by atoms with Crippen LogP contribution >= 0.6 is 11.6 Å². The third kappa shape index (κ3) is 3.01. The number of rotatable bonds is 4. The molecule has 0 aliphatic carbocycles. The van der Waals surface area contributed by atoms with E-state index in [0.29, 0.717) is 11.6 Å². The fraction of sp³-hybridized carbons (Fsp3) is 0.105. The Morgan fingerprint density at radius 2 is 1.96 bits per heavy atom. The zero-order chi connectivity index (χ0) is 17.4. The van der Waals surface area contributed by atoms with Gasteiger partial charge in [-0.1, -0.05) is 29.8 Å². The van der Waals surface area contributed by atoms with E-state index in [4.69, 9.17) is 11.6 Å². The predicted molar refractivity (Wildman–Crippen MR) is 100 cm³/mol. The van der Waals surface area contributed by atoms with Gasteiger partial charge in [0.25, 0.3) is 0 Å². The van der Waals surface area contributed by atoms with Gasteiger partial charge in [-0.2, -0.15) is 0 Å². The van der Waals surface area contributed by atoms with Crippen molar-refractivity contribution in [2.75, 3.05) is 0 Å². The lowest BCUT2D eigenvalue weighted by atomic mass is 10.2. The molecule has 0 amide bonds. The first-order valence-corrected chi connectivity index (χ1v) is 9.37. The minimum Gasteiger partial charge on any atom is -0.339 e. The van der Waals surface area contributed by atoms with Crippen LogP contribution in [0.1, 0.15) is 5.82 Å². The second-order valence-electron chi connectivity index (χ2n) is 5.82. The summed E-state index contributed by atoms with van der Waals surface area (Å²) in [4.78, 5) is 5.93. The first-order valence-electron chi connectivity index (χ1n) is 7.85. The molecule has 2 heterocycles. The summed E-state index contributed by atoms with van der Waals surface area (Å²) in [5.41, 5.74) is 0.992. The number of aromatic nitrogens is 3. The van der Waals surface area contributed by atoms with Gasteiger partial charge in [-0.3, -0.25) is 0 Å². The summed E-state index contributed by atoms with van der Waals surface area (Å²) in [5.74, 6) is 0.934. The molecule has 0 aliphatic rings. The predicted octanol–water partition coefficient (Wildman–Crippen LogP) is 4.24. The van der Waals surface area contributed by atoms with E-state index in [0.717, 1.165) is 26.5 Å². The van der Waals surface area contributed by atoms with Gasteiger partial charge in [0.15, 0.2) is 0 Å². The van der Waals surface area contributed by atoms with Crippen LogP contribution in [0.2, 0.25) is 5.02 Å². The number of hydrogen-bond donors (Lipinski definition) is 0. The Hall–Kier alpha value is -2.37. The maximum absolute atomic E-state index is 13.1. The fourth-order valence-corrected chi connectivity index (χ4v) is 4.30. The van der Waals surface area contributed by atoms with Crippen LogP contribution in [-0.2, 0) is 24.4 Å². The Balaban J connectivity index is 1.85. The summed E-state index contributed by atoms with van der Waals surface area (Å²) in [6.07, 6.45) is 5.64.